The second-order valence-corrected chi connectivity index (χ2v) is 7.01. The second-order valence-electron chi connectivity index (χ2n) is 7.01. The van der Waals surface area contributed by atoms with E-state index in [9.17, 15) is 9.90 Å². The van der Waals surface area contributed by atoms with Gasteiger partial charge in [0.15, 0.2) is 0 Å². The van der Waals surface area contributed by atoms with E-state index in [1.165, 1.54) is 44.9 Å². The van der Waals surface area contributed by atoms with Gasteiger partial charge in [0.1, 0.15) is 0 Å². The van der Waals surface area contributed by atoms with Gasteiger partial charge in [-0.15, -0.1) is 0 Å². The summed E-state index contributed by atoms with van der Waals surface area (Å²) in [5.41, 5.74) is 0. The average Bonchev–Trinajstić information content (AvgIpc) is 2.49. The number of hydrogen-bond acceptors (Lipinski definition) is 3. The van der Waals surface area contributed by atoms with Crippen molar-refractivity contribution >= 4 is 5.97 Å². The lowest BCUT2D eigenvalue weighted by atomic mass is 10.1. The predicted octanol–water partition coefficient (Wildman–Crippen LogP) is 5.78. The zero-order chi connectivity index (χ0) is 17.3. The Morgan fingerprint density at radius 1 is 0.826 bits per heavy atom. The number of carbonyl (C=O) groups is 1. The van der Waals surface area contributed by atoms with Crippen LogP contribution in [0, 0.1) is 0 Å². The first-order valence-electron chi connectivity index (χ1n) is 9.93. The van der Waals surface area contributed by atoms with Gasteiger partial charge in [-0.2, -0.15) is 0 Å². The average molecular weight is 329 g/mol. The van der Waals surface area contributed by atoms with E-state index in [1.54, 1.807) is 0 Å². The van der Waals surface area contributed by atoms with Crippen LogP contribution in [0.25, 0.3) is 0 Å². The van der Waals surface area contributed by atoms with E-state index in [2.05, 4.69) is 6.92 Å². The van der Waals surface area contributed by atoms with Crippen LogP contribution in [0.1, 0.15) is 111 Å². The highest BCUT2D eigenvalue weighted by Gasteiger charge is 2.09. The van der Waals surface area contributed by atoms with Gasteiger partial charge in [-0.05, 0) is 39.5 Å². The van der Waals surface area contributed by atoms with Crippen molar-refractivity contribution in [2.75, 3.05) is 0 Å². The molecule has 0 aromatic rings. The third-order valence-corrected chi connectivity index (χ3v) is 4.30. The molecule has 3 heteroatoms. The molecule has 2 atom stereocenters. The molecule has 0 aromatic heterocycles. The van der Waals surface area contributed by atoms with Gasteiger partial charge in [-0.25, -0.2) is 0 Å². The zero-order valence-electron chi connectivity index (χ0n) is 15.8. The summed E-state index contributed by atoms with van der Waals surface area (Å²) in [6.45, 7) is 6.03. The van der Waals surface area contributed by atoms with Crippen LogP contribution in [0.5, 0.6) is 0 Å². The molecule has 138 valence electrons. The SMILES string of the molecule is CCCCCCCCCCCC(=O)OC(C)CCCCC(C)O. The Morgan fingerprint density at radius 2 is 1.35 bits per heavy atom. The highest BCUT2D eigenvalue weighted by atomic mass is 16.5. The molecule has 0 bridgehead atoms. The van der Waals surface area contributed by atoms with Crippen LogP contribution in [0.3, 0.4) is 0 Å². The van der Waals surface area contributed by atoms with Crippen molar-refractivity contribution in [3.8, 4) is 0 Å². The topological polar surface area (TPSA) is 46.5 Å². The fourth-order valence-corrected chi connectivity index (χ4v) is 2.79. The summed E-state index contributed by atoms with van der Waals surface area (Å²) in [5, 5.41) is 9.19. The molecular weight excluding hydrogens is 288 g/mol. The predicted molar refractivity (Wildman–Crippen MR) is 97.5 cm³/mol. The minimum Gasteiger partial charge on any atom is -0.463 e. The first kappa shape index (κ1) is 22.4. The van der Waals surface area contributed by atoms with E-state index >= 15 is 0 Å². The molecule has 1 N–H and O–H groups in total. The molecule has 0 saturated carbocycles. The second kappa shape index (κ2) is 16.3. The maximum atomic E-state index is 11.7. The third kappa shape index (κ3) is 17.6. The number of aliphatic hydroxyl groups excluding tert-OH is 1. The van der Waals surface area contributed by atoms with Crippen molar-refractivity contribution in [2.24, 2.45) is 0 Å². The number of unbranched alkanes of at least 4 members (excludes halogenated alkanes) is 9. The summed E-state index contributed by atoms with van der Waals surface area (Å²) in [5.74, 6) is -0.0454. The number of carbonyl (C=O) groups excluding carboxylic acids is 1. The Morgan fingerprint density at radius 3 is 1.91 bits per heavy atom. The van der Waals surface area contributed by atoms with Gasteiger partial charge in [0.05, 0.1) is 12.2 Å². The lowest BCUT2D eigenvalue weighted by Crippen LogP contribution is -2.14. The van der Waals surface area contributed by atoms with E-state index in [4.69, 9.17) is 4.74 Å². The molecule has 2 unspecified atom stereocenters. The number of aliphatic hydroxyl groups is 1. The number of hydrogen-bond donors (Lipinski definition) is 1. The van der Waals surface area contributed by atoms with Crippen LogP contribution in [0.4, 0.5) is 0 Å². The van der Waals surface area contributed by atoms with Crippen LogP contribution >= 0.6 is 0 Å². The van der Waals surface area contributed by atoms with Crippen molar-refractivity contribution < 1.29 is 14.6 Å². The summed E-state index contributed by atoms with van der Waals surface area (Å²) in [6, 6.07) is 0. The molecule has 3 nitrogen and oxygen atoms in total. The monoisotopic (exact) mass is 328 g/mol. The molecule has 0 aliphatic heterocycles. The summed E-state index contributed by atoms with van der Waals surface area (Å²) in [4.78, 5) is 11.7. The van der Waals surface area contributed by atoms with Gasteiger partial charge in [-0.1, -0.05) is 64.7 Å². The van der Waals surface area contributed by atoms with E-state index in [-0.39, 0.29) is 18.2 Å². The molecule has 0 aromatic carbocycles. The highest BCUT2D eigenvalue weighted by Crippen LogP contribution is 2.12. The van der Waals surface area contributed by atoms with E-state index in [0.29, 0.717) is 6.42 Å². The van der Waals surface area contributed by atoms with Gasteiger partial charge in [0, 0.05) is 6.42 Å². The largest absolute Gasteiger partial charge is 0.463 e. The smallest absolute Gasteiger partial charge is 0.306 e. The zero-order valence-corrected chi connectivity index (χ0v) is 15.8. The maximum absolute atomic E-state index is 11.7. The molecular formula is C20H40O3. The maximum Gasteiger partial charge on any atom is 0.306 e. The van der Waals surface area contributed by atoms with Crippen LogP contribution in [-0.2, 0) is 9.53 Å². The number of esters is 1. The Kier molecular flexibility index (Phi) is 15.9. The van der Waals surface area contributed by atoms with Gasteiger partial charge in [0.2, 0.25) is 0 Å². The van der Waals surface area contributed by atoms with Crippen LogP contribution in [-0.4, -0.2) is 23.3 Å². The lowest BCUT2D eigenvalue weighted by Gasteiger charge is -2.13. The fourth-order valence-electron chi connectivity index (χ4n) is 2.79. The summed E-state index contributed by atoms with van der Waals surface area (Å²) >= 11 is 0. The lowest BCUT2D eigenvalue weighted by molar-refractivity contribution is -0.148. The van der Waals surface area contributed by atoms with Gasteiger partial charge < -0.3 is 9.84 Å². The molecule has 23 heavy (non-hydrogen) atoms. The highest BCUT2D eigenvalue weighted by molar-refractivity contribution is 5.69. The molecule has 0 aliphatic rings. The minimum absolute atomic E-state index is 0.00932. The van der Waals surface area contributed by atoms with Crippen molar-refractivity contribution in [1.29, 1.82) is 0 Å². The third-order valence-electron chi connectivity index (χ3n) is 4.30. The Balaban J connectivity index is 3.35. The van der Waals surface area contributed by atoms with Crippen molar-refractivity contribution in [2.45, 2.75) is 123 Å². The first-order chi connectivity index (χ1) is 11.1. The molecule has 0 rings (SSSR count). The van der Waals surface area contributed by atoms with E-state index in [0.717, 1.165) is 38.5 Å². The Bertz CT molecular complexity index is 264. The summed E-state index contributed by atoms with van der Waals surface area (Å²) in [7, 11) is 0. The van der Waals surface area contributed by atoms with Crippen molar-refractivity contribution in [3.05, 3.63) is 0 Å². The van der Waals surface area contributed by atoms with Gasteiger partial charge >= 0.3 is 5.97 Å². The molecule has 0 aliphatic carbocycles. The Hall–Kier alpha value is -0.570. The first-order valence-corrected chi connectivity index (χ1v) is 9.93. The fraction of sp³-hybridized carbons (Fsp3) is 0.950. The number of ether oxygens (including phenoxy) is 1. The molecule has 0 spiro atoms. The summed E-state index contributed by atoms with van der Waals surface area (Å²) < 4.78 is 5.43. The summed E-state index contributed by atoms with van der Waals surface area (Å²) in [6.07, 6.45) is 15.5. The molecule has 0 saturated heterocycles. The number of rotatable bonds is 16. The quantitative estimate of drug-likeness (QED) is 0.288. The molecule has 0 radical (unpaired) electrons. The van der Waals surface area contributed by atoms with Gasteiger partial charge in [-0.3, -0.25) is 4.79 Å². The van der Waals surface area contributed by atoms with Gasteiger partial charge in [0.25, 0.3) is 0 Å². The van der Waals surface area contributed by atoms with Crippen LogP contribution in [0.2, 0.25) is 0 Å². The normalized spacial score (nSPS) is 13.7. The Labute approximate surface area is 144 Å². The van der Waals surface area contributed by atoms with E-state index < -0.39 is 0 Å². The molecule has 0 fully saturated rings. The van der Waals surface area contributed by atoms with E-state index in [1.807, 2.05) is 13.8 Å². The molecule has 0 amide bonds. The standard InChI is InChI=1S/C20H40O3/c1-4-5-6-7-8-9-10-11-12-17-20(22)23-19(3)16-14-13-15-18(2)21/h18-19,21H,4-17H2,1-3H3. The minimum atomic E-state index is -0.223. The van der Waals surface area contributed by atoms with Crippen LogP contribution < -0.4 is 0 Å². The van der Waals surface area contributed by atoms with Crippen molar-refractivity contribution in [1.82, 2.24) is 0 Å². The van der Waals surface area contributed by atoms with Crippen LogP contribution in [0.15, 0.2) is 0 Å². The van der Waals surface area contributed by atoms with Crippen molar-refractivity contribution in [3.63, 3.8) is 0 Å². The molecule has 0 heterocycles.